The molecule has 25 heavy (non-hydrogen) atoms. The van der Waals surface area contributed by atoms with Crippen molar-refractivity contribution in [2.75, 3.05) is 22.4 Å². The largest absolute Gasteiger partial charge is 0.478 e. The molecule has 2 aromatic carbocycles. The highest BCUT2D eigenvalue weighted by atomic mass is 35.5. The quantitative estimate of drug-likeness (QED) is 0.798. The number of carbonyl (C=O) groups is 2. The average Bonchev–Trinajstić information content (AvgIpc) is 2.53. The molecule has 0 atom stereocenters. The van der Waals surface area contributed by atoms with E-state index in [-0.39, 0.29) is 22.0 Å². The maximum absolute atomic E-state index is 12.3. The van der Waals surface area contributed by atoms with Gasteiger partial charge < -0.3 is 10.4 Å². The van der Waals surface area contributed by atoms with Gasteiger partial charge in [-0.25, -0.2) is 13.2 Å². The Labute approximate surface area is 149 Å². The number of para-hydroxylation sites is 2. The molecule has 0 aliphatic heterocycles. The summed E-state index contributed by atoms with van der Waals surface area (Å²) < 4.78 is 24.9. The van der Waals surface area contributed by atoms with Gasteiger partial charge in [0.1, 0.15) is 6.54 Å². The van der Waals surface area contributed by atoms with E-state index in [1.165, 1.54) is 30.3 Å². The summed E-state index contributed by atoms with van der Waals surface area (Å²) in [6.45, 7) is -0.545. The molecule has 7 nitrogen and oxygen atoms in total. The summed E-state index contributed by atoms with van der Waals surface area (Å²) in [6, 6.07) is 12.0. The number of hydrogen-bond acceptors (Lipinski definition) is 4. The summed E-state index contributed by atoms with van der Waals surface area (Å²) in [6.07, 6.45) is 0.953. The minimum atomic E-state index is -3.78. The van der Waals surface area contributed by atoms with E-state index < -0.39 is 28.4 Å². The lowest BCUT2D eigenvalue weighted by atomic mass is 10.2. The monoisotopic (exact) mass is 382 g/mol. The van der Waals surface area contributed by atoms with Crippen molar-refractivity contribution in [2.45, 2.75) is 0 Å². The van der Waals surface area contributed by atoms with Gasteiger partial charge in [0, 0.05) is 0 Å². The Balaban J connectivity index is 2.28. The van der Waals surface area contributed by atoms with Crippen LogP contribution < -0.4 is 9.62 Å². The summed E-state index contributed by atoms with van der Waals surface area (Å²) in [5, 5.41) is 11.7. The molecule has 1 amide bonds. The molecule has 0 radical (unpaired) electrons. The minimum Gasteiger partial charge on any atom is -0.478 e. The van der Waals surface area contributed by atoms with Crippen molar-refractivity contribution >= 4 is 44.9 Å². The maximum atomic E-state index is 12.3. The lowest BCUT2D eigenvalue weighted by Gasteiger charge is -2.23. The molecule has 0 saturated heterocycles. The van der Waals surface area contributed by atoms with Gasteiger partial charge in [-0.2, -0.15) is 0 Å². The predicted octanol–water partition coefficient (Wildman–Crippen LogP) is 2.44. The first-order chi connectivity index (χ1) is 11.7. The van der Waals surface area contributed by atoms with Crippen LogP contribution >= 0.6 is 11.6 Å². The minimum absolute atomic E-state index is 0.0765. The summed E-state index contributed by atoms with van der Waals surface area (Å²) >= 11 is 6.02. The normalized spacial score (nSPS) is 11.0. The maximum Gasteiger partial charge on any atom is 0.337 e. The number of carbonyl (C=O) groups excluding carboxylic acids is 1. The number of nitrogens with zero attached hydrogens (tertiary/aromatic N) is 1. The predicted molar refractivity (Wildman–Crippen MR) is 95.7 cm³/mol. The number of halogens is 1. The number of carboxylic acids is 1. The first kappa shape index (κ1) is 18.8. The summed E-state index contributed by atoms with van der Waals surface area (Å²) in [4.78, 5) is 23.5. The smallest absolute Gasteiger partial charge is 0.337 e. The molecule has 0 aliphatic rings. The summed E-state index contributed by atoms with van der Waals surface area (Å²) in [5.41, 5.74) is 0.139. The number of sulfonamides is 1. The molecular formula is C16H15ClN2O5S. The van der Waals surface area contributed by atoms with E-state index in [9.17, 15) is 18.0 Å². The van der Waals surface area contributed by atoms with E-state index in [1.54, 1.807) is 18.2 Å². The van der Waals surface area contributed by atoms with E-state index in [4.69, 9.17) is 16.7 Å². The Morgan fingerprint density at radius 2 is 1.72 bits per heavy atom. The lowest BCUT2D eigenvalue weighted by Crippen LogP contribution is -2.37. The van der Waals surface area contributed by atoms with Gasteiger partial charge in [0.25, 0.3) is 0 Å². The number of anilines is 2. The second-order valence-electron chi connectivity index (χ2n) is 5.12. The highest BCUT2D eigenvalue weighted by molar-refractivity contribution is 7.92. The van der Waals surface area contributed by atoms with Gasteiger partial charge in [-0.05, 0) is 24.3 Å². The van der Waals surface area contributed by atoms with Gasteiger partial charge in [-0.15, -0.1) is 0 Å². The van der Waals surface area contributed by atoms with Crippen LogP contribution in [-0.4, -0.2) is 38.2 Å². The third kappa shape index (κ3) is 4.71. The molecule has 0 heterocycles. The number of hydrogen-bond donors (Lipinski definition) is 2. The summed E-state index contributed by atoms with van der Waals surface area (Å²) in [7, 11) is -3.78. The molecule has 0 bridgehead atoms. The highest BCUT2D eigenvalue weighted by Gasteiger charge is 2.23. The van der Waals surface area contributed by atoms with Gasteiger partial charge in [0.05, 0.1) is 28.2 Å². The average molecular weight is 383 g/mol. The SMILES string of the molecule is CS(=O)(=O)N(CC(=O)Nc1ccccc1C(=O)O)c1ccccc1Cl. The van der Waals surface area contributed by atoms with Crippen molar-refractivity contribution in [2.24, 2.45) is 0 Å². The van der Waals surface area contributed by atoms with Crippen LogP contribution in [0.2, 0.25) is 5.02 Å². The Morgan fingerprint density at radius 3 is 2.32 bits per heavy atom. The van der Waals surface area contributed by atoms with Crippen molar-refractivity contribution in [3.05, 3.63) is 59.1 Å². The van der Waals surface area contributed by atoms with Crippen molar-refractivity contribution in [3.8, 4) is 0 Å². The van der Waals surface area contributed by atoms with Crippen LogP contribution in [-0.2, 0) is 14.8 Å². The zero-order valence-corrected chi connectivity index (χ0v) is 14.7. The highest BCUT2D eigenvalue weighted by Crippen LogP contribution is 2.27. The number of aromatic carboxylic acids is 1. The van der Waals surface area contributed by atoms with Crippen LogP contribution in [0.15, 0.2) is 48.5 Å². The number of nitrogens with one attached hydrogen (secondary N) is 1. The van der Waals surface area contributed by atoms with E-state index in [0.29, 0.717) is 0 Å². The second-order valence-corrected chi connectivity index (χ2v) is 7.43. The number of rotatable bonds is 6. The molecular weight excluding hydrogens is 368 g/mol. The van der Waals surface area contributed by atoms with Crippen molar-refractivity contribution in [3.63, 3.8) is 0 Å². The Bertz CT molecular complexity index is 914. The van der Waals surface area contributed by atoms with Crippen LogP contribution in [0.25, 0.3) is 0 Å². The van der Waals surface area contributed by atoms with E-state index >= 15 is 0 Å². The number of carboxylic acid groups (broad SMARTS) is 1. The van der Waals surface area contributed by atoms with Crippen molar-refractivity contribution < 1.29 is 23.1 Å². The molecule has 0 spiro atoms. The Hall–Kier alpha value is -2.58. The molecule has 0 fully saturated rings. The molecule has 0 unspecified atom stereocenters. The first-order valence-corrected chi connectivity index (χ1v) is 9.27. The van der Waals surface area contributed by atoms with Gasteiger partial charge >= 0.3 is 5.97 Å². The molecule has 2 rings (SSSR count). The van der Waals surface area contributed by atoms with E-state index in [2.05, 4.69) is 5.32 Å². The Kier molecular flexibility index (Phi) is 5.66. The van der Waals surface area contributed by atoms with E-state index in [1.807, 2.05) is 0 Å². The fourth-order valence-electron chi connectivity index (χ4n) is 2.13. The Morgan fingerprint density at radius 1 is 1.12 bits per heavy atom. The number of benzene rings is 2. The summed E-state index contributed by atoms with van der Waals surface area (Å²) in [5.74, 6) is -1.90. The zero-order valence-electron chi connectivity index (χ0n) is 13.1. The molecule has 132 valence electrons. The second kappa shape index (κ2) is 7.54. The number of amides is 1. The standard InChI is InChI=1S/C16H15ClN2O5S/c1-25(23,24)19(14-9-5-3-7-12(14)17)10-15(20)18-13-8-4-2-6-11(13)16(21)22/h2-9H,10H2,1H3,(H,18,20)(H,21,22). The van der Waals surface area contributed by atoms with Gasteiger partial charge in [0.15, 0.2) is 0 Å². The molecule has 2 aromatic rings. The molecule has 0 saturated carbocycles. The molecule has 0 aliphatic carbocycles. The van der Waals surface area contributed by atoms with Crippen LogP contribution in [0.1, 0.15) is 10.4 Å². The van der Waals surface area contributed by atoms with Crippen LogP contribution in [0.4, 0.5) is 11.4 Å². The lowest BCUT2D eigenvalue weighted by molar-refractivity contribution is -0.114. The van der Waals surface area contributed by atoms with Gasteiger partial charge in [-0.1, -0.05) is 35.9 Å². The molecule has 9 heteroatoms. The third-order valence-electron chi connectivity index (χ3n) is 3.24. The van der Waals surface area contributed by atoms with E-state index in [0.717, 1.165) is 10.6 Å². The van der Waals surface area contributed by atoms with Crippen LogP contribution in [0.5, 0.6) is 0 Å². The van der Waals surface area contributed by atoms with Crippen molar-refractivity contribution in [1.29, 1.82) is 0 Å². The fraction of sp³-hybridized carbons (Fsp3) is 0.125. The first-order valence-electron chi connectivity index (χ1n) is 7.04. The molecule has 2 N–H and O–H groups in total. The topological polar surface area (TPSA) is 104 Å². The molecule has 0 aromatic heterocycles. The van der Waals surface area contributed by atoms with Crippen LogP contribution in [0.3, 0.4) is 0 Å². The van der Waals surface area contributed by atoms with Gasteiger partial charge in [0.2, 0.25) is 15.9 Å². The zero-order chi connectivity index (χ0) is 18.6. The van der Waals surface area contributed by atoms with Crippen LogP contribution in [0, 0.1) is 0 Å². The third-order valence-corrected chi connectivity index (χ3v) is 4.69. The van der Waals surface area contributed by atoms with Crippen molar-refractivity contribution in [1.82, 2.24) is 0 Å². The van der Waals surface area contributed by atoms with Gasteiger partial charge in [-0.3, -0.25) is 9.10 Å². The fourth-order valence-corrected chi connectivity index (χ4v) is 3.29.